The highest BCUT2D eigenvalue weighted by Gasteiger charge is 2.23. The summed E-state index contributed by atoms with van der Waals surface area (Å²) in [6.07, 6.45) is 5.33. The molecule has 140 valence electrons. The van der Waals surface area contributed by atoms with Crippen molar-refractivity contribution in [1.29, 1.82) is 0 Å². The minimum Gasteiger partial charge on any atom is -0.406 e. The predicted octanol–water partition coefficient (Wildman–Crippen LogP) is 2.50. The molecule has 1 saturated heterocycles. The van der Waals surface area contributed by atoms with Crippen LogP contribution in [-0.2, 0) is 16.0 Å². The van der Waals surface area contributed by atoms with Gasteiger partial charge in [-0.25, -0.2) is 0 Å². The lowest BCUT2D eigenvalue weighted by Gasteiger charge is -2.17. The van der Waals surface area contributed by atoms with E-state index < -0.39 is 0 Å². The van der Waals surface area contributed by atoms with E-state index in [1.54, 1.807) is 0 Å². The molecular formula is C19H26N4O3. The van der Waals surface area contributed by atoms with Crippen molar-refractivity contribution in [3.63, 3.8) is 0 Å². The van der Waals surface area contributed by atoms with E-state index in [1.165, 1.54) is 20.0 Å². The molecule has 7 nitrogen and oxygen atoms in total. The largest absolute Gasteiger partial charge is 0.406 e. The molecule has 3 rings (SSSR count). The summed E-state index contributed by atoms with van der Waals surface area (Å²) in [5.41, 5.74) is 1.09. The van der Waals surface area contributed by atoms with Gasteiger partial charge < -0.3 is 19.4 Å². The lowest BCUT2D eigenvalue weighted by atomic mass is 10.1. The van der Waals surface area contributed by atoms with Gasteiger partial charge in [-0.2, -0.15) is 0 Å². The van der Waals surface area contributed by atoms with Crippen LogP contribution in [0, 0.1) is 0 Å². The summed E-state index contributed by atoms with van der Waals surface area (Å²) in [7, 11) is 1.50. The molecule has 7 heteroatoms. The molecule has 1 aromatic carbocycles. The zero-order valence-electron chi connectivity index (χ0n) is 15.2. The van der Waals surface area contributed by atoms with Crippen molar-refractivity contribution >= 4 is 11.9 Å². The average Bonchev–Trinajstić information content (AvgIpc) is 2.98. The fraction of sp³-hybridized carbons (Fsp3) is 0.526. The van der Waals surface area contributed by atoms with Crippen LogP contribution >= 0.6 is 0 Å². The molecule has 1 atom stereocenters. The van der Waals surface area contributed by atoms with Crippen LogP contribution in [0.25, 0.3) is 0 Å². The van der Waals surface area contributed by atoms with Crippen LogP contribution < -0.4 is 10.2 Å². The first-order valence-corrected chi connectivity index (χ1v) is 9.17. The second kappa shape index (κ2) is 9.33. The third-order valence-corrected chi connectivity index (χ3v) is 4.50. The molecule has 1 N–H and O–H groups in total. The zero-order chi connectivity index (χ0) is 18.2. The van der Waals surface area contributed by atoms with Crippen LogP contribution in [0.15, 0.2) is 34.7 Å². The highest BCUT2D eigenvalue weighted by molar-refractivity contribution is 5.77. The van der Waals surface area contributed by atoms with Crippen LogP contribution in [0.1, 0.15) is 43.2 Å². The number of carbonyl (C=O) groups excluding carboxylic acids is 1. The molecule has 0 saturated carbocycles. The number of hydrogen-bond donors (Lipinski definition) is 1. The summed E-state index contributed by atoms with van der Waals surface area (Å²) in [6, 6.07) is 10.1. The molecule has 0 unspecified atom stereocenters. The number of anilines is 1. The van der Waals surface area contributed by atoms with Crippen molar-refractivity contribution in [3.8, 4) is 0 Å². The molecule has 2 aromatic rings. The van der Waals surface area contributed by atoms with Gasteiger partial charge in [-0.05, 0) is 18.4 Å². The number of nitrogens with one attached hydrogen (secondary N) is 1. The number of rotatable bonds is 7. The molecule has 1 fully saturated rings. The van der Waals surface area contributed by atoms with Crippen molar-refractivity contribution in [2.45, 2.75) is 38.1 Å². The Balaban J connectivity index is 1.75. The van der Waals surface area contributed by atoms with Crippen LogP contribution in [0.3, 0.4) is 0 Å². The summed E-state index contributed by atoms with van der Waals surface area (Å²) in [6.45, 7) is 1.86. The smallest absolute Gasteiger partial charge is 0.318 e. The minimum atomic E-state index is -0.381. The molecule has 2 heterocycles. The number of ether oxygens (including phenoxy) is 1. The van der Waals surface area contributed by atoms with Gasteiger partial charge in [0.15, 0.2) is 0 Å². The Bertz CT molecular complexity index is 681. The normalized spacial score (nSPS) is 16.1. The summed E-state index contributed by atoms with van der Waals surface area (Å²) >= 11 is 0. The molecule has 1 aromatic heterocycles. The second-order valence-electron chi connectivity index (χ2n) is 6.57. The van der Waals surface area contributed by atoms with Crippen molar-refractivity contribution in [1.82, 2.24) is 15.5 Å². The number of methoxy groups -OCH3 is 1. The Morgan fingerprint density at radius 3 is 2.62 bits per heavy atom. The third kappa shape index (κ3) is 5.05. The molecular weight excluding hydrogens is 332 g/mol. The van der Waals surface area contributed by atoms with E-state index in [2.05, 4.69) is 20.4 Å². The maximum Gasteiger partial charge on any atom is 0.318 e. The Labute approximate surface area is 153 Å². The molecule has 26 heavy (non-hydrogen) atoms. The van der Waals surface area contributed by atoms with Crippen LogP contribution in [0.4, 0.5) is 6.01 Å². The van der Waals surface area contributed by atoms with Crippen LogP contribution in [-0.4, -0.2) is 42.9 Å². The highest BCUT2D eigenvalue weighted by Crippen LogP contribution is 2.23. The number of aromatic nitrogens is 2. The van der Waals surface area contributed by atoms with E-state index in [1.807, 2.05) is 30.3 Å². The second-order valence-corrected chi connectivity index (χ2v) is 6.57. The first-order chi connectivity index (χ1) is 12.8. The average molecular weight is 358 g/mol. The molecule has 1 aliphatic heterocycles. The Kier molecular flexibility index (Phi) is 6.60. The topological polar surface area (TPSA) is 80.5 Å². The van der Waals surface area contributed by atoms with Gasteiger partial charge in [-0.1, -0.05) is 48.3 Å². The van der Waals surface area contributed by atoms with E-state index in [9.17, 15) is 4.79 Å². The Morgan fingerprint density at radius 2 is 1.92 bits per heavy atom. The van der Waals surface area contributed by atoms with E-state index in [4.69, 9.17) is 9.15 Å². The lowest BCUT2D eigenvalue weighted by Crippen LogP contribution is -2.32. The molecule has 0 bridgehead atoms. The molecule has 1 aliphatic rings. The van der Waals surface area contributed by atoms with E-state index in [0.29, 0.717) is 18.3 Å². The monoisotopic (exact) mass is 358 g/mol. The van der Waals surface area contributed by atoms with Crippen LogP contribution in [0.5, 0.6) is 0 Å². The fourth-order valence-electron chi connectivity index (χ4n) is 3.17. The number of carbonyl (C=O) groups is 1. The van der Waals surface area contributed by atoms with Gasteiger partial charge in [0.1, 0.15) is 12.6 Å². The molecule has 0 radical (unpaired) electrons. The first kappa shape index (κ1) is 18.4. The van der Waals surface area contributed by atoms with Gasteiger partial charge in [0.25, 0.3) is 0 Å². The zero-order valence-corrected chi connectivity index (χ0v) is 15.2. The quantitative estimate of drug-likeness (QED) is 0.819. The molecule has 1 amide bonds. The van der Waals surface area contributed by atoms with Gasteiger partial charge in [0.05, 0.1) is 0 Å². The van der Waals surface area contributed by atoms with Crippen LogP contribution in [0.2, 0.25) is 0 Å². The van der Waals surface area contributed by atoms with Gasteiger partial charge >= 0.3 is 6.01 Å². The molecule has 0 spiro atoms. The maximum atomic E-state index is 12.0. The summed E-state index contributed by atoms with van der Waals surface area (Å²) in [5.74, 6) is 0.223. The Morgan fingerprint density at radius 1 is 1.19 bits per heavy atom. The number of nitrogens with zero attached hydrogens (tertiary/aromatic N) is 3. The van der Waals surface area contributed by atoms with E-state index >= 15 is 0 Å². The number of amides is 1. The van der Waals surface area contributed by atoms with Gasteiger partial charge in [-0.15, -0.1) is 5.10 Å². The SMILES string of the molecule is COCC(=O)N[C@@H](Cc1ccccc1)c1nnc(N2CCCCCC2)o1. The van der Waals surface area contributed by atoms with Crippen molar-refractivity contribution < 1.29 is 13.9 Å². The third-order valence-electron chi connectivity index (χ3n) is 4.50. The van der Waals surface area contributed by atoms with Gasteiger partial charge in [0, 0.05) is 26.6 Å². The standard InChI is InChI=1S/C19H26N4O3/c1-25-14-17(24)20-16(13-15-9-5-4-6-10-15)18-21-22-19(26-18)23-11-7-2-3-8-12-23/h4-6,9-10,16H,2-3,7-8,11-14H2,1H3,(H,20,24)/t16-/m0/s1. The van der Waals surface area contributed by atoms with Crippen molar-refractivity contribution in [2.24, 2.45) is 0 Å². The minimum absolute atomic E-state index is 0.00158. The van der Waals surface area contributed by atoms with E-state index in [-0.39, 0.29) is 18.6 Å². The van der Waals surface area contributed by atoms with Gasteiger partial charge in [0.2, 0.25) is 11.8 Å². The van der Waals surface area contributed by atoms with Crippen molar-refractivity contribution in [3.05, 3.63) is 41.8 Å². The fourth-order valence-corrected chi connectivity index (χ4v) is 3.17. The summed E-state index contributed by atoms with van der Waals surface area (Å²) < 4.78 is 10.9. The predicted molar refractivity (Wildman–Crippen MR) is 97.9 cm³/mol. The first-order valence-electron chi connectivity index (χ1n) is 9.17. The van der Waals surface area contributed by atoms with Gasteiger partial charge in [-0.3, -0.25) is 4.79 Å². The maximum absolute atomic E-state index is 12.0. The van der Waals surface area contributed by atoms with Crippen molar-refractivity contribution in [2.75, 3.05) is 31.7 Å². The number of benzene rings is 1. The number of hydrogen-bond acceptors (Lipinski definition) is 6. The molecule has 0 aliphatic carbocycles. The van der Waals surface area contributed by atoms with E-state index in [0.717, 1.165) is 31.5 Å². The summed E-state index contributed by atoms with van der Waals surface area (Å²) in [5, 5.41) is 11.4. The summed E-state index contributed by atoms with van der Waals surface area (Å²) in [4.78, 5) is 14.2. The highest BCUT2D eigenvalue weighted by atomic mass is 16.5. The lowest BCUT2D eigenvalue weighted by molar-refractivity contribution is -0.125. The Hall–Kier alpha value is -2.41.